The predicted octanol–water partition coefficient (Wildman–Crippen LogP) is 4.86. The molecule has 5 nitrogen and oxygen atoms in total. The van der Waals surface area contributed by atoms with E-state index in [4.69, 9.17) is 4.74 Å². The SMILES string of the molecule is COc1c(C(CC(C)C)C(=O)O)ccc(C2CC2)c1-c1ccc(S(C)(=O)=O)cc1. The van der Waals surface area contributed by atoms with Crippen LogP contribution in [0.25, 0.3) is 11.1 Å². The van der Waals surface area contributed by atoms with Crippen molar-refractivity contribution in [1.82, 2.24) is 0 Å². The van der Waals surface area contributed by atoms with Gasteiger partial charge in [0, 0.05) is 17.4 Å². The van der Waals surface area contributed by atoms with Crippen LogP contribution in [-0.2, 0) is 14.6 Å². The molecule has 1 saturated carbocycles. The van der Waals surface area contributed by atoms with Crippen LogP contribution in [-0.4, -0.2) is 32.9 Å². The van der Waals surface area contributed by atoms with Gasteiger partial charge in [-0.2, -0.15) is 0 Å². The molecule has 1 atom stereocenters. The first-order chi connectivity index (χ1) is 13.6. The Bertz CT molecular complexity index is 1000. The van der Waals surface area contributed by atoms with Gasteiger partial charge in [0.05, 0.1) is 17.9 Å². The topological polar surface area (TPSA) is 80.7 Å². The molecule has 6 heteroatoms. The van der Waals surface area contributed by atoms with Gasteiger partial charge < -0.3 is 9.84 Å². The van der Waals surface area contributed by atoms with Gasteiger partial charge in [0.25, 0.3) is 0 Å². The van der Waals surface area contributed by atoms with Gasteiger partial charge in [0.2, 0.25) is 0 Å². The Morgan fingerprint density at radius 2 is 1.76 bits per heavy atom. The van der Waals surface area contributed by atoms with Crippen LogP contribution in [0.1, 0.15) is 56.1 Å². The van der Waals surface area contributed by atoms with Crippen LogP contribution in [0.2, 0.25) is 0 Å². The van der Waals surface area contributed by atoms with Crippen LogP contribution in [0, 0.1) is 5.92 Å². The minimum atomic E-state index is -3.29. The Morgan fingerprint density at radius 1 is 1.14 bits per heavy atom. The highest BCUT2D eigenvalue weighted by molar-refractivity contribution is 7.90. The third-order valence-electron chi connectivity index (χ3n) is 5.39. The van der Waals surface area contributed by atoms with Crippen LogP contribution in [0.4, 0.5) is 0 Å². The fraction of sp³-hybridized carbons (Fsp3) is 0.435. The van der Waals surface area contributed by atoms with Crippen molar-refractivity contribution in [2.75, 3.05) is 13.4 Å². The number of sulfone groups is 1. The van der Waals surface area contributed by atoms with E-state index in [0.717, 1.165) is 29.5 Å². The molecule has 0 bridgehead atoms. The highest BCUT2D eigenvalue weighted by Gasteiger charge is 2.32. The number of carboxylic acid groups (broad SMARTS) is 1. The van der Waals surface area contributed by atoms with Gasteiger partial charge in [-0.05, 0) is 54.4 Å². The number of hydrogen-bond donors (Lipinski definition) is 1. The molecular weight excluding hydrogens is 388 g/mol. The molecule has 1 fully saturated rings. The van der Waals surface area contributed by atoms with Crippen molar-refractivity contribution in [3.05, 3.63) is 47.5 Å². The lowest BCUT2D eigenvalue weighted by atomic mass is 9.85. The van der Waals surface area contributed by atoms with Crippen LogP contribution >= 0.6 is 0 Å². The maximum Gasteiger partial charge on any atom is 0.311 e. The molecule has 1 N–H and O–H groups in total. The average Bonchev–Trinajstić information content (AvgIpc) is 3.49. The van der Waals surface area contributed by atoms with E-state index in [1.165, 1.54) is 6.26 Å². The number of aliphatic carboxylic acids is 1. The zero-order valence-electron chi connectivity index (χ0n) is 17.3. The van der Waals surface area contributed by atoms with Crippen LogP contribution in [0.5, 0.6) is 5.75 Å². The molecule has 1 aliphatic rings. The van der Waals surface area contributed by atoms with E-state index in [-0.39, 0.29) is 10.8 Å². The molecular formula is C23H28O5S. The fourth-order valence-electron chi connectivity index (χ4n) is 3.84. The van der Waals surface area contributed by atoms with Crippen LogP contribution in [0.3, 0.4) is 0 Å². The molecule has 0 aliphatic heterocycles. The molecule has 0 heterocycles. The predicted molar refractivity (Wildman–Crippen MR) is 113 cm³/mol. The summed E-state index contributed by atoms with van der Waals surface area (Å²) < 4.78 is 29.4. The molecule has 1 unspecified atom stereocenters. The molecule has 1 aliphatic carbocycles. The molecule has 29 heavy (non-hydrogen) atoms. The summed E-state index contributed by atoms with van der Waals surface area (Å²) in [5.41, 5.74) is 3.51. The van der Waals surface area contributed by atoms with Crippen LogP contribution < -0.4 is 4.74 Å². The normalized spacial score (nSPS) is 15.3. The summed E-state index contributed by atoms with van der Waals surface area (Å²) in [6, 6.07) is 10.7. The molecule has 3 rings (SSSR count). The zero-order chi connectivity index (χ0) is 21.3. The van der Waals surface area contributed by atoms with E-state index in [0.29, 0.717) is 23.7 Å². The zero-order valence-corrected chi connectivity index (χ0v) is 18.1. The molecule has 0 radical (unpaired) electrons. The first-order valence-electron chi connectivity index (χ1n) is 9.87. The van der Waals surface area contributed by atoms with Gasteiger partial charge in [0.1, 0.15) is 5.75 Å². The Morgan fingerprint density at radius 3 is 2.21 bits per heavy atom. The Balaban J connectivity index is 2.19. The lowest BCUT2D eigenvalue weighted by molar-refractivity contribution is -0.139. The van der Waals surface area contributed by atoms with Gasteiger partial charge >= 0.3 is 5.97 Å². The van der Waals surface area contributed by atoms with E-state index >= 15 is 0 Å². The van der Waals surface area contributed by atoms with Crippen molar-refractivity contribution in [2.45, 2.75) is 49.8 Å². The number of methoxy groups -OCH3 is 1. The first-order valence-corrected chi connectivity index (χ1v) is 11.8. The van der Waals surface area contributed by atoms with E-state index in [2.05, 4.69) is 0 Å². The standard InChI is InChI=1S/C23H28O5S/c1-14(2)13-20(23(24)25)19-12-11-18(15-5-6-15)21(22(19)28-3)16-7-9-17(10-8-16)29(4,26)27/h7-12,14-15,20H,5-6,13H2,1-4H3,(H,24,25). The molecule has 0 saturated heterocycles. The van der Waals surface area contributed by atoms with Gasteiger partial charge in [-0.25, -0.2) is 8.42 Å². The van der Waals surface area contributed by atoms with Gasteiger partial charge in [-0.15, -0.1) is 0 Å². The van der Waals surface area contributed by atoms with Crippen LogP contribution in [0.15, 0.2) is 41.3 Å². The largest absolute Gasteiger partial charge is 0.496 e. The summed E-state index contributed by atoms with van der Waals surface area (Å²) in [5.74, 6) is -0.298. The highest BCUT2D eigenvalue weighted by Crippen LogP contribution is 2.50. The van der Waals surface area contributed by atoms with Crippen molar-refractivity contribution in [1.29, 1.82) is 0 Å². The molecule has 2 aromatic rings. The number of carboxylic acids is 1. The molecule has 0 spiro atoms. The maximum absolute atomic E-state index is 12.0. The summed E-state index contributed by atoms with van der Waals surface area (Å²) in [4.78, 5) is 12.3. The Labute approximate surface area is 172 Å². The van der Waals surface area contributed by atoms with Crippen molar-refractivity contribution in [2.24, 2.45) is 5.92 Å². The van der Waals surface area contributed by atoms with E-state index < -0.39 is 21.7 Å². The second kappa shape index (κ2) is 8.19. The van der Waals surface area contributed by atoms with Gasteiger partial charge in [-0.3, -0.25) is 4.79 Å². The minimum absolute atomic E-state index is 0.224. The van der Waals surface area contributed by atoms with Crippen molar-refractivity contribution < 1.29 is 23.1 Å². The van der Waals surface area contributed by atoms with E-state index in [9.17, 15) is 18.3 Å². The molecule has 0 aromatic heterocycles. The summed E-state index contributed by atoms with van der Waals surface area (Å²) >= 11 is 0. The number of carbonyl (C=O) groups is 1. The van der Waals surface area contributed by atoms with Crippen molar-refractivity contribution in [3.8, 4) is 16.9 Å². The second-order valence-electron chi connectivity index (χ2n) is 8.24. The third kappa shape index (κ3) is 4.64. The highest BCUT2D eigenvalue weighted by atomic mass is 32.2. The van der Waals surface area contributed by atoms with Gasteiger partial charge in [-0.1, -0.05) is 38.1 Å². The third-order valence-corrected chi connectivity index (χ3v) is 6.52. The monoisotopic (exact) mass is 416 g/mol. The summed E-state index contributed by atoms with van der Waals surface area (Å²) in [6.45, 7) is 4.01. The quantitative estimate of drug-likeness (QED) is 0.665. The second-order valence-corrected chi connectivity index (χ2v) is 10.3. The summed E-state index contributed by atoms with van der Waals surface area (Å²) in [6.07, 6.45) is 3.87. The van der Waals surface area contributed by atoms with Crippen molar-refractivity contribution in [3.63, 3.8) is 0 Å². The fourth-order valence-corrected chi connectivity index (χ4v) is 4.47. The Hall–Kier alpha value is -2.34. The number of hydrogen-bond acceptors (Lipinski definition) is 4. The molecule has 156 valence electrons. The molecule has 0 amide bonds. The average molecular weight is 417 g/mol. The molecule has 2 aromatic carbocycles. The minimum Gasteiger partial charge on any atom is -0.496 e. The summed E-state index contributed by atoms with van der Waals surface area (Å²) in [5, 5.41) is 9.85. The Kier molecular flexibility index (Phi) is 6.03. The number of ether oxygens (including phenoxy) is 1. The first kappa shape index (κ1) is 21.4. The number of benzene rings is 2. The lowest BCUT2D eigenvalue weighted by Gasteiger charge is -2.23. The number of rotatable bonds is 8. The summed E-state index contributed by atoms with van der Waals surface area (Å²) in [7, 11) is -1.72. The van der Waals surface area contributed by atoms with Gasteiger partial charge in [0.15, 0.2) is 9.84 Å². The maximum atomic E-state index is 12.0. The van der Waals surface area contributed by atoms with Crippen molar-refractivity contribution >= 4 is 15.8 Å². The lowest BCUT2D eigenvalue weighted by Crippen LogP contribution is -2.16. The van der Waals surface area contributed by atoms with E-state index in [1.807, 2.05) is 26.0 Å². The smallest absolute Gasteiger partial charge is 0.311 e. The van der Waals surface area contributed by atoms with E-state index in [1.54, 1.807) is 31.4 Å².